The molecule has 78 heavy (non-hydrogen) atoms. The lowest BCUT2D eigenvalue weighted by Crippen LogP contribution is -2.43. The Labute approximate surface area is 456 Å². The van der Waals surface area contributed by atoms with E-state index in [-0.39, 0.29) is 5.41 Å². The monoisotopic (exact) mass is 994 g/mol. The first kappa shape index (κ1) is 45.0. The van der Waals surface area contributed by atoms with Crippen molar-refractivity contribution in [1.29, 1.82) is 0 Å². The van der Waals surface area contributed by atoms with Gasteiger partial charge in [-0.1, -0.05) is 227 Å². The molecule has 0 atom stereocenters. The second-order valence-corrected chi connectivity index (χ2v) is 22.9. The zero-order chi connectivity index (χ0) is 52.0. The van der Waals surface area contributed by atoms with Gasteiger partial charge in [0.15, 0.2) is 0 Å². The van der Waals surface area contributed by atoms with Crippen molar-refractivity contribution in [3.63, 3.8) is 0 Å². The van der Waals surface area contributed by atoms with Crippen LogP contribution < -0.4 is 0 Å². The minimum atomic E-state index is -0.537. The highest BCUT2D eigenvalue weighted by Crippen LogP contribution is 2.66. The zero-order valence-corrected chi connectivity index (χ0v) is 43.9. The molecule has 2 nitrogen and oxygen atoms in total. The predicted molar refractivity (Wildman–Crippen MR) is 319 cm³/mol. The molecular weight excluding hydrogens is 941 g/mol. The van der Waals surface area contributed by atoms with Crippen molar-refractivity contribution in [3.8, 4) is 55.6 Å². The van der Waals surface area contributed by atoms with Gasteiger partial charge in [-0.3, -0.25) is 9.97 Å². The summed E-state index contributed by atoms with van der Waals surface area (Å²) in [5.41, 5.74) is 29.4. The van der Waals surface area contributed by atoms with Crippen molar-refractivity contribution in [1.82, 2.24) is 9.97 Å². The second-order valence-electron chi connectivity index (χ2n) is 22.9. The van der Waals surface area contributed by atoms with Crippen LogP contribution in [0.3, 0.4) is 0 Å². The Balaban J connectivity index is 0.890. The number of rotatable bonds is 5. The molecule has 4 aliphatic rings. The van der Waals surface area contributed by atoms with Crippen molar-refractivity contribution < 1.29 is 0 Å². The van der Waals surface area contributed by atoms with Gasteiger partial charge < -0.3 is 0 Å². The van der Waals surface area contributed by atoms with Gasteiger partial charge in [-0.25, -0.2) is 0 Å². The van der Waals surface area contributed by atoms with Crippen molar-refractivity contribution in [2.45, 2.75) is 48.9 Å². The average Bonchev–Trinajstić information content (AvgIpc) is 3.12. The first-order valence-corrected chi connectivity index (χ1v) is 27.6. The van der Waals surface area contributed by atoms with Crippen LogP contribution in [0.1, 0.15) is 93.1 Å². The highest BCUT2D eigenvalue weighted by Gasteiger charge is 2.57. The number of hydrogen-bond acceptors (Lipinski definition) is 2. The van der Waals surface area contributed by atoms with E-state index in [1.165, 1.54) is 122 Å². The maximum absolute atomic E-state index is 4.82. The molecule has 0 aliphatic heterocycles. The van der Waals surface area contributed by atoms with E-state index in [9.17, 15) is 0 Å². The van der Waals surface area contributed by atoms with Crippen molar-refractivity contribution in [2.24, 2.45) is 0 Å². The van der Waals surface area contributed by atoms with Crippen LogP contribution >= 0.6 is 0 Å². The fraction of sp³-hybridized carbons (Fsp3) is 0.105. The largest absolute Gasteiger partial charge is 0.265 e. The van der Waals surface area contributed by atoms with Gasteiger partial charge in [-0.15, -0.1) is 0 Å². The molecule has 12 aromatic rings. The van der Waals surface area contributed by atoms with Crippen LogP contribution in [0.2, 0.25) is 0 Å². The van der Waals surface area contributed by atoms with Crippen molar-refractivity contribution in [3.05, 3.63) is 334 Å². The highest BCUT2D eigenvalue weighted by molar-refractivity contribution is 5.96. The molecule has 0 amide bonds. The Hall–Kier alpha value is -9.24. The lowest BCUT2D eigenvalue weighted by atomic mass is 9.54. The van der Waals surface area contributed by atoms with E-state index in [0.717, 1.165) is 22.9 Å². The molecule has 0 unspecified atom stereocenters. The molecule has 2 spiro atoms. The third-order valence-corrected chi connectivity index (χ3v) is 18.8. The minimum Gasteiger partial charge on any atom is -0.265 e. The SMILES string of the molecule is CC1(C)c2ccccc2C2(c3cc(-c4ccncc4)ccc3-c3c(CC4(C)c5ccccc5C5(c6ccccc6-c6cc(-c7cccc(-c8cccc9cccnc89)c7)ccc65)c5ccccc54)cccc32)c2ccccc21. The van der Waals surface area contributed by atoms with Crippen LogP contribution in [0.4, 0.5) is 0 Å². The fourth-order valence-electron chi connectivity index (χ4n) is 15.6. The van der Waals surface area contributed by atoms with Crippen LogP contribution in [-0.4, -0.2) is 9.97 Å². The lowest BCUT2D eigenvalue weighted by molar-refractivity contribution is 0.514. The number of hydrogen-bond donors (Lipinski definition) is 0. The molecule has 2 heterocycles. The molecule has 368 valence electrons. The number of aromatic nitrogens is 2. The van der Waals surface area contributed by atoms with E-state index in [4.69, 9.17) is 4.98 Å². The minimum absolute atomic E-state index is 0.194. The number of para-hydroxylation sites is 1. The van der Waals surface area contributed by atoms with Gasteiger partial charge in [-0.05, 0) is 165 Å². The third kappa shape index (κ3) is 5.87. The average molecular weight is 995 g/mol. The first-order valence-electron chi connectivity index (χ1n) is 27.6. The van der Waals surface area contributed by atoms with Gasteiger partial charge in [0.05, 0.1) is 16.3 Å². The Bertz CT molecular complexity index is 4380. The molecule has 16 rings (SSSR count). The normalized spacial score (nSPS) is 16.8. The third-order valence-electron chi connectivity index (χ3n) is 18.8. The van der Waals surface area contributed by atoms with Crippen LogP contribution in [0.15, 0.2) is 261 Å². The summed E-state index contributed by atoms with van der Waals surface area (Å²) in [4.78, 5) is 9.24. The molecule has 2 aromatic heterocycles. The van der Waals surface area contributed by atoms with E-state index in [0.29, 0.717) is 0 Å². The standard InChI is InChI=1S/C76H54N2/c1-73(2)61-26-6-10-30-65(61)76(66-31-11-7-27-62(66)73)69-34-16-21-54(71(69)57-37-35-52(46-70(57)76)48-39-42-77-43-40-48)47-74(3)63-28-8-12-32-67(63)75(68-33-13-9-29-64(68)74)59-25-5-4-23-56(59)58-45-51(36-38-60(58)75)50-19-14-20-53(44-50)55-24-15-18-49-22-17-41-78-72(49)55/h4-46H,47H2,1-3H3. The molecule has 4 aliphatic carbocycles. The summed E-state index contributed by atoms with van der Waals surface area (Å²) in [5, 5.41) is 1.15. The van der Waals surface area contributed by atoms with Gasteiger partial charge >= 0.3 is 0 Å². The molecule has 0 radical (unpaired) electrons. The summed E-state index contributed by atoms with van der Waals surface area (Å²) in [6.07, 6.45) is 6.53. The van der Waals surface area contributed by atoms with E-state index in [1.54, 1.807) is 0 Å². The predicted octanol–water partition coefficient (Wildman–Crippen LogP) is 17.9. The van der Waals surface area contributed by atoms with Gasteiger partial charge in [0.25, 0.3) is 0 Å². The molecule has 2 heteroatoms. The topological polar surface area (TPSA) is 25.8 Å². The number of nitrogens with zero attached hydrogens (tertiary/aromatic N) is 2. The number of benzene rings is 10. The highest BCUT2D eigenvalue weighted by atomic mass is 14.7. The molecule has 0 N–H and O–H groups in total. The molecule has 0 saturated heterocycles. The van der Waals surface area contributed by atoms with Crippen molar-refractivity contribution in [2.75, 3.05) is 0 Å². The van der Waals surface area contributed by atoms with E-state index in [1.807, 2.05) is 24.7 Å². The molecular formula is C76H54N2. The molecule has 0 bridgehead atoms. The summed E-state index contributed by atoms with van der Waals surface area (Å²) in [6, 6.07) is 92.5. The number of fused-ring (bicyclic) bond motifs is 19. The van der Waals surface area contributed by atoms with Gasteiger partial charge in [0.1, 0.15) is 0 Å². The molecule has 10 aromatic carbocycles. The lowest BCUT2D eigenvalue weighted by Gasteiger charge is -2.48. The zero-order valence-electron chi connectivity index (χ0n) is 43.9. The Morgan fingerprint density at radius 1 is 0.308 bits per heavy atom. The van der Waals surface area contributed by atoms with E-state index < -0.39 is 16.2 Å². The smallest absolute Gasteiger partial charge is 0.0780 e. The van der Waals surface area contributed by atoms with Gasteiger partial charge in [0, 0.05) is 40.4 Å². The van der Waals surface area contributed by atoms with Crippen LogP contribution in [0.25, 0.3) is 66.5 Å². The number of pyridine rings is 2. The van der Waals surface area contributed by atoms with Crippen LogP contribution in [0.5, 0.6) is 0 Å². The Morgan fingerprint density at radius 2 is 0.821 bits per heavy atom. The van der Waals surface area contributed by atoms with E-state index in [2.05, 4.69) is 262 Å². The maximum Gasteiger partial charge on any atom is 0.0780 e. The van der Waals surface area contributed by atoms with Gasteiger partial charge in [-0.2, -0.15) is 0 Å². The summed E-state index contributed by atoms with van der Waals surface area (Å²) < 4.78 is 0. The summed E-state index contributed by atoms with van der Waals surface area (Å²) in [6.45, 7) is 7.36. The van der Waals surface area contributed by atoms with Crippen LogP contribution in [-0.2, 0) is 28.1 Å². The maximum atomic E-state index is 4.82. The summed E-state index contributed by atoms with van der Waals surface area (Å²) in [5.74, 6) is 0. The van der Waals surface area contributed by atoms with Crippen molar-refractivity contribution >= 4 is 10.9 Å². The summed E-state index contributed by atoms with van der Waals surface area (Å²) in [7, 11) is 0. The quantitative estimate of drug-likeness (QED) is 0.172. The summed E-state index contributed by atoms with van der Waals surface area (Å²) >= 11 is 0. The molecule has 0 fully saturated rings. The Morgan fingerprint density at radius 3 is 1.54 bits per heavy atom. The van der Waals surface area contributed by atoms with Crippen LogP contribution in [0, 0.1) is 0 Å². The fourth-order valence-corrected chi connectivity index (χ4v) is 15.6. The molecule has 0 saturated carbocycles. The first-order chi connectivity index (χ1) is 38.3. The Kier molecular flexibility index (Phi) is 9.45. The van der Waals surface area contributed by atoms with E-state index >= 15 is 0 Å². The second kappa shape index (κ2) is 16.4. The van der Waals surface area contributed by atoms with Gasteiger partial charge in [0.2, 0.25) is 0 Å².